The maximum atomic E-state index is 5.24. The van der Waals surface area contributed by atoms with E-state index in [4.69, 9.17) is 4.52 Å². The van der Waals surface area contributed by atoms with Crippen molar-refractivity contribution in [3.8, 4) is 11.3 Å². The summed E-state index contributed by atoms with van der Waals surface area (Å²) in [6.45, 7) is 7.28. The second-order valence-corrected chi connectivity index (χ2v) is 6.17. The lowest BCUT2D eigenvalue weighted by Crippen LogP contribution is -2.33. The third-order valence-corrected chi connectivity index (χ3v) is 4.81. The van der Waals surface area contributed by atoms with Crippen LogP contribution in [0, 0.1) is 13.8 Å². The first-order valence-corrected chi connectivity index (χ1v) is 7.48. The van der Waals surface area contributed by atoms with Gasteiger partial charge in [0.1, 0.15) is 5.76 Å². The number of aromatic nitrogens is 2. The quantitative estimate of drug-likeness (QED) is 0.768. The largest absolute Gasteiger partial charge is 0.361 e. The molecule has 0 spiro atoms. The summed E-state index contributed by atoms with van der Waals surface area (Å²) in [4.78, 5) is 7.18. The van der Waals surface area contributed by atoms with Crippen molar-refractivity contribution in [2.75, 3.05) is 19.6 Å². The summed E-state index contributed by atoms with van der Waals surface area (Å²) < 4.78 is 5.24. The van der Waals surface area contributed by atoms with Crippen molar-refractivity contribution in [2.45, 2.75) is 25.7 Å². The Morgan fingerprint density at radius 2 is 2.14 bits per heavy atom. The predicted octanol–water partition coefficient (Wildman–Crippen LogP) is 3.44. The third-order valence-electron chi connectivity index (χ3n) is 4.81. The molecule has 116 valence electrons. The van der Waals surface area contributed by atoms with Gasteiger partial charge < -0.3 is 4.52 Å². The monoisotopic (exact) mass is 361 g/mol. The van der Waals surface area contributed by atoms with Crippen LogP contribution in [0.1, 0.15) is 23.4 Å². The van der Waals surface area contributed by atoms with Gasteiger partial charge in [-0.25, -0.2) is 0 Å². The Kier molecular flexibility index (Phi) is 3.95. The van der Waals surface area contributed by atoms with Gasteiger partial charge in [-0.3, -0.25) is 9.88 Å². The molecule has 0 N–H and O–H groups in total. The lowest BCUT2D eigenvalue weighted by Gasteiger charge is -2.29. The van der Waals surface area contributed by atoms with E-state index in [1.54, 1.807) is 0 Å². The molecule has 2 aromatic heterocycles. The van der Waals surface area contributed by atoms with Crippen LogP contribution in [0.2, 0.25) is 0 Å². The third kappa shape index (κ3) is 2.32. The summed E-state index contributed by atoms with van der Waals surface area (Å²) in [5.74, 6) is 0.829. The van der Waals surface area contributed by atoms with Gasteiger partial charge in [-0.2, -0.15) is 0 Å². The van der Waals surface area contributed by atoms with E-state index in [0.717, 1.165) is 35.8 Å². The highest BCUT2D eigenvalue weighted by atomic mass is 79.9. The summed E-state index contributed by atoms with van der Waals surface area (Å²) in [6, 6.07) is 4.31. The standard InChI is InChI=1S/C17H19N3O.BrH/c1-12-16(13(2)21-19-12)15-5-4-14(10-18-15)17-6-3-8-20(11-17)9-7-17;/h3-6,10H,7-9,11H2,1-2H3;1H. The van der Waals surface area contributed by atoms with Gasteiger partial charge in [0.2, 0.25) is 0 Å². The number of aryl methyl sites for hydroxylation is 2. The maximum Gasteiger partial charge on any atom is 0.143 e. The van der Waals surface area contributed by atoms with Crippen LogP contribution in [0.25, 0.3) is 11.3 Å². The van der Waals surface area contributed by atoms with Gasteiger partial charge in [0.25, 0.3) is 0 Å². The van der Waals surface area contributed by atoms with Crippen LogP contribution in [-0.2, 0) is 5.41 Å². The van der Waals surface area contributed by atoms with Gasteiger partial charge in [0, 0.05) is 24.7 Å². The van der Waals surface area contributed by atoms with Crippen molar-refractivity contribution >= 4 is 17.0 Å². The first kappa shape index (κ1) is 15.4. The van der Waals surface area contributed by atoms with Gasteiger partial charge in [0.05, 0.1) is 17.0 Å². The summed E-state index contributed by atoms with van der Waals surface area (Å²) in [6.07, 6.45) is 7.89. The topological polar surface area (TPSA) is 42.2 Å². The smallest absolute Gasteiger partial charge is 0.143 e. The van der Waals surface area contributed by atoms with Gasteiger partial charge >= 0.3 is 0 Å². The maximum absolute atomic E-state index is 5.24. The molecule has 1 fully saturated rings. The molecule has 2 unspecified atom stereocenters. The van der Waals surface area contributed by atoms with Gasteiger partial charge in [-0.1, -0.05) is 23.4 Å². The van der Waals surface area contributed by atoms with Crippen LogP contribution in [0.3, 0.4) is 0 Å². The van der Waals surface area contributed by atoms with E-state index in [0.29, 0.717) is 0 Å². The zero-order chi connectivity index (χ0) is 14.4. The molecule has 0 aliphatic carbocycles. The van der Waals surface area contributed by atoms with Crippen LogP contribution in [0.5, 0.6) is 0 Å². The molecule has 0 radical (unpaired) electrons. The number of halogens is 1. The minimum Gasteiger partial charge on any atom is -0.361 e. The Labute approximate surface area is 141 Å². The van der Waals surface area contributed by atoms with Crippen LogP contribution in [0.15, 0.2) is 35.0 Å². The lowest BCUT2D eigenvalue weighted by atomic mass is 9.79. The molecule has 22 heavy (non-hydrogen) atoms. The normalized spacial score (nSPS) is 26.0. The molecule has 4 nitrogen and oxygen atoms in total. The molecule has 4 heterocycles. The number of pyridine rings is 1. The highest BCUT2D eigenvalue weighted by molar-refractivity contribution is 8.93. The van der Waals surface area contributed by atoms with Gasteiger partial charge in [-0.05, 0) is 38.4 Å². The summed E-state index contributed by atoms with van der Waals surface area (Å²) in [7, 11) is 0. The molecule has 2 aliphatic heterocycles. The molecule has 2 atom stereocenters. The molecule has 2 aromatic rings. The molecule has 2 aliphatic rings. The van der Waals surface area contributed by atoms with Gasteiger partial charge in [-0.15, -0.1) is 17.0 Å². The summed E-state index contributed by atoms with van der Waals surface area (Å²) in [5, 5.41) is 4.01. The Morgan fingerprint density at radius 1 is 1.27 bits per heavy atom. The van der Waals surface area contributed by atoms with E-state index in [1.807, 2.05) is 20.0 Å². The Hall–Kier alpha value is -1.46. The van der Waals surface area contributed by atoms with Crippen molar-refractivity contribution in [3.63, 3.8) is 0 Å². The van der Waals surface area contributed by atoms with Crippen molar-refractivity contribution < 1.29 is 4.52 Å². The molecule has 4 rings (SSSR count). The van der Waals surface area contributed by atoms with Crippen molar-refractivity contribution in [2.24, 2.45) is 0 Å². The van der Waals surface area contributed by atoms with Crippen LogP contribution in [-0.4, -0.2) is 34.7 Å². The van der Waals surface area contributed by atoms with E-state index in [2.05, 4.69) is 39.3 Å². The summed E-state index contributed by atoms with van der Waals surface area (Å²) in [5.41, 5.74) is 4.35. The zero-order valence-corrected chi connectivity index (χ0v) is 14.6. The number of hydrogen-bond donors (Lipinski definition) is 0. The minimum absolute atomic E-state index is 0. The van der Waals surface area contributed by atoms with E-state index < -0.39 is 0 Å². The number of hydrogen-bond acceptors (Lipinski definition) is 4. The molecule has 2 bridgehead atoms. The lowest BCUT2D eigenvalue weighted by molar-refractivity contribution is 0.345. The second-order valence-electron chi connectivity index (χ2n) is 6.17. The first-order valence-electron chi connectivity index (χ1n) is 7.48. The highest BCUT2D eigenvalue weighted by Gasteiger charge is 2.39. The fourth-order valence-electron chi connectivity index (χ4n) is 3.65. The zero-order valence-electron chi connectivity index (χ0n) is 12.9. The molecular weight excluding hydrogens is 342 g/mol. The molecular formula is C17H20BrN3O. The number of fused-ring (bicyclic) bond motifs is 2. The Bertz CT molecular complexity index is 688. The van der Waals surface area contributed by atoms with Crippen LogP contribution >= 0.6 is 17.0 Å². The van der Waals surface area contributed by atoms with Crippen LogP contribution < -0.4 is 0 Å². The van der Waals surface area contributed by atoms with Crippen molar-refractivity contribution in [1.29, 1.82) is 0 Å². The average Bonchev–Trinajstić information content (AvgIpc) is 3.00. The van der Waals surface area contributed by atoms with Crippen molar-refractivity contribution in [1.82, 2.24) is 15.0 Å². The van der Waals surface area contributed by atoms with E-state index >= 15 is 0 Å². The first-order chi connectivity index (χ1) is 10.2. The molecule has 1 saturated heterocycles. The minimum atomic E-state index is 0. The molecule has 5 heteroatoms. The molecule has 0 amide bonds. The van der Waals surface area contributed by atoms with Gasteiger partial charge in [0.15, 0.2) is 0 Å². The van der Waals surface area contributed by atoms with E-state index in [-0.39, 0.29) is 22.4 Å². The average molecular weight is 362 g/mol. The predicted molar refractivity (Wildman–Crippen MR) is 91.4 cm³/mol. The second kappa shape index (κ2) is 5.63. The Balaban J connectivity index is 0.00000144. The van der Waals surface area contributed by atoms with Crippen molar-refractivity contribution in [3.05, 3.63) is 47.5 Å². The summed E-state index contributed by atoms with van der Waals surface area (Å²) >= 11 is 0. The number of nitrogens with zero attached hydrogens (tertiary/aromatic N) is 3. The van der Waals surface area contributed by atoms with E-state index in [1.165, 1.54) is 18.5 Å². The van der Waals surface area contributed by atoms with Crippen LogP contribution in [0.4, 0.5) is 0 Å². The Morgan fingerprint density at radius 3 is 2.82 bits per heavy atom. The SMILES string of the molecule is Br.Cc1noc(C)c1-c1ccc(C23C=CCN(CC2)C3)cn1. The molecule has 0 saturated carbocycles. The fourth-order valence-corrected chi connectivity index (χ4v) is 3.65. The number of rotatable bonds is 2. The highest BCUT2D eigenvalue weighted by Crippen LogP contribution is 2.38. The van der Waals surface area contributed by atoms with E-state index in [9.17, 15) is 0 Å². The fraction of sp³-hybridized carbons (Fsp3) is 0.412. The molecule has 0 aromatic carbocycles.